The number of carbonyl (C=O) groups excluding carboxylic acids is 2. The smallest absolute Gasteiger partial charge is 0.255 e. The number of aryl methyl sites for hydroxylation is 3. The number of hydrogen-bond acceptors (Lipinski definition) is 4. The molecule has 2 amide bonds. The summed E-state index contributed by atoms with van der Waals surface area (Å²) >= 11 is 0. The Labute approximate surface area is 147 Å². The molecule has 1 fully saturated rings. The van der Waals surface area contributed by atoms with Gasteiger partial charge in [-0.2, -0.15) is 5.10 Å². The number of hydrogen-bond donors (Lipinski definition) is 1. The minimum atomic E-state index is -0.102. The van der Waals surface area contributed by atoms with Crippen molar-refractivity contribution in [2.45, 2.75) is 39.2 Å². The van der Waals surface area contributed by atoms with E-state index in [2.05, 4.69) is 10.4 Å². The lowest BCUT2D eigenvalue weighted by Crippen LogP contribution is -2.47. The number of nitrogens with one attached hydrogen (secondary N) is 1. The predicted octanol–water partition coefficient (Wildman–Crippen LogP) is 1.59. The van der Waals surface area contributed by atoms with Crippen LogP contribution in [0, 0.1) is 13.8 Å². The molecule has 0 aliphatic carbocycles. The number of amides is 2. The quantitative estimate of drug-likeness (QED) is 0.913. The fourth-order valence-corrected chi connectivity index (χ4v) is 3.24. The van der Waals surface area contributed by atoms with Crippen molar-refractivity contribution in [2.75, 3.05) is 13.1 Å². The largest absolute Gasteiger partial charge is 0.466 e. The van der Waals surface area contributed by atoms with Crippen LogP contribution in [0.15, 0.2) is 22.9 Å². The molecule has 0 radical (unpaired) electrons. The molecule has 1 aliphatic heterocycles. The molecule has 1 aliphatic rings. The summed E-state index contributed by atoms with van der Waals surface area (Å²) < 4.78 is 7.11. The molecule has 0 atom stereocenters. The van der Waals surface area contributed by atoms with Gasteiger partial charge in [-0.25, -0.2) is 0 Å². The summed E-state index contributed by atoms with van der Waals surface area (Å²) in [5.41, 5.74) is 1.52. The predicted molar refractivity (Wildman–Crippen MR) is 92.2 cm³/mol. The normalized spacial score (nSPS) is 15.4. The van der Waals surface area contributed by atoms with E-state index < -0.39 is 0 Å². The van der Waals surface area contributed by atoms with E-state index in [1.165, 1.54) is 0 Å². The zero-order valence-corrected chi connectivity index (χ0v) is 14.9. The third-order valence-corrected chi connectivity index (χ3v) is 4.58. The number of rotatable bonds is 4. The highest BCUT2D eigenvalue weighted by Crippen LogP contribution is 2.16. The fourth-order valence-electron chi connectivity index (χ4n) is 3.24. The number of nitrogens with zero attached hydrogens (tertiary/aromatic N) is 3. The average molecular weight is 344 g/mol. The molecule has 1 saturated heterocycles. The molecule has 7 nitrogen and oxygen atoms in total. The molecular weight excluding hydrogens is 320 g/mol. The van der Waals surface area contributed by atoms with Crippen LogP contribution in [0.1, 0.15) is 40.3 Å². The molecule has 134 valence electrons. The summed E-state index contributed by atoms with van der Waals surface area (Å²) in [5.74, 6) is 1.38. The lowest BCUT2D eigenvalue weighted by molar-refractivity contribution is -0.131. The molecule has 0 aromatic carbocycles. The summed E-state index contributed by atoms with van der Waals surface area (Å²) in [4.78, 5) is 26.6. The van der Waals surface area contributed by atoms with Crippen LogP contribution < -0.4 is 5.32 Å². The molecule has 25 heavy (non-hydrogen) atoms. The molecule has 1 N–H and O–H groups in total. The fraction of sp³-hybridized carbons (Fsp3) is 0.500. The molecule has 0 saturated carbocycles. The molecule has 7 heteroatoms. The van der Waals surface area contributed by atoms with Gasteiger partial charge >= 0.3 is 0 Å². The van der Waals surface area contributed by atoms with Crippen molar-refractivity contribution in [1.29, 1.82) is 0 Å². The van der Waals surface area contributed by atoms with Gasteiger partial charge in [-0.3, -0.25) is 14.3 Å². The molecule has 3 heterocycles. The Morgan fingerprint density at radius 2 is 2.04 bits per heavy atom. The van der Waals surface area contributed by atoms with E-state index in [9.17, 15) is 9.59 Å². The topological polar surface area (TPSA) is 80.4 Å². The van der Waals surface area contributed by atoms with E-state index in [0.29, 0.717) is 30.8 Å². The van der Waals surface area contributed by atoms with Crippen molar-refractivity contribution >= 4 is 11.8 Å². The second-order valence-corrected chi connectivity index (χ2v) is 6.65. The first kappa shape index (κ1) is 17.3. The highest BCUT2D eigenvalue weighted by Gasteiger charge is 2.25. The standard InChI is InChI=1S/C18H24N4O3/c1-12-8-16(13(2)25-12)18(24)20-15-4-6-22(7-5-15)17(23)9-14-10-19-21(3)11-14/h8,10-11,15H,4-7,9H2,1-3H3,(H,20,24). The zero-order valence-electron chi connectivity index (χ0n) is 14.9. The highest BCUT2D eigenvalue weighted by atomic mass is 16.3. The summed E-state index contributed by atoms with van der Waals surface area (Å²) in [6.45, 7) is 4.94. The van der Waals surface area contributed by atoms with Crippen LogP contribution in [0.5, 0.6) is 0 Å². The van der Waals surface area contributed by atoms with Crippen LogP contribution in [-0.2, 0) is 18.3 Å². The first-order chi connectivity index (χ1) is 11.9. The monoisotopic (exact) mass is 344 g/mol. The lowest BCUT2D eigenvalue weighted by atomic mass is 10.0. The minimum Gasteiger partial charge on any atom is -0.466 e. The number of piperidine rings is 1. The van der Waals surface area contributed by atoms with E-state index in [0.717, 1.165) is 24.2 Å². The van der Waals surface area contributed by atoms with Gasteiger partial charge in [0.15, 0.2) is 0 Å². The Morgan fingerprint density at radius 3 is 2.60 bits per heavy atom. The van der Waals surface area contributed by atoms with E-state index >= 15 is 0 Å². The third-order valence-electron chi connectivity index (χ3n) is 4.58. The number of carbonyl (C=O) groups is 2. The Morgan fingerprint density at radius 1 is 1.32 bits per heavy atom. The summed E-state index contributed by atoms with van der Waals surface area (Å²) in [6, 6.07) is 1.85. The van der Waals surface area contributed by atoms with Gasteiger partial charge in [-0.1, -0.05) is 0 Å². The Bertz CT molecular complexity index is 769. The van der Waals surface area contributed by atoms with Gasteiger partial charge in [-0.15, -0.1) is 0 Å². The average Bonchev–Trinajstić information content (AvgIpc) is 3.12. The van der Waals surface area contributed by atoms with Crippen LogP contribution >= 0.6 is 0 Å². The molecule has 0 spiro atoms. The van der Waals surface area contributed by atoms with Crippen molar-refractivity contribution in [2.24, 2.45) is 7.05 Å². The van der Waals surface area contributed by atoms with Gasteiger partial charge in [-0.05, 0) is 38.3 Å². The van der Waals surface area contributed by atoms with Crippen molar-refractivity contribution in [3.05, 3.63) is 41.1 Å². The first-order valence-electron chi connectivity index (χ1n) is 8.55. The molecule has 2 aromatic rings. The van der Waals surface area contributed by atoms with Gasteiger partial charge in [0.25, 0.3) is 5.91 Å². The van der Waals surface area contributed by atoms with Gasteiger partial charge < -0.3 is 14.6 Å². The maximum atomic E-state index is 12.4. The van der Waals surface area contributed by atoms with E-state index in [1.807, 2.05) is 25.1 Å². The van der Waals surface area contributed by atoms with Crippen molar-refractivity contribution in [3.63, 3.8) is 0 Å². The van der Waals surface area contributed by atoms with Crippen LogP contribution in [0.4, 0.5) is 0 Å². The maximum Gasteiger partial charge on any atom is 0.255 e. The number of furan rings is 1. The number of aromatic nitrogens is 2. The second-order valence-electron chi connectivity index (χ2n) is 6.65. The van der Waals surface area contributed by atoms with Crippen LogP contribution in [0.25, 0.3) is 0 Å². The first-order valence-corrected chi connectivity index (χ1v) is 8.55. The van der Waals surface area contributed by atoms with Crippen LogP contribution in [-0.4, -0.2) is 45.6 Å². The molecule has 0 unspecified atom stereocenters. The Kier molecular flexibility index (Phi) is 4.92. The van der Waals surface area contributed by atoms with E-state index in [4.69, 9.17) is 4.42 Å². The maximum absolute atomic E-state index is 12.4. The highest BCUT2D eigenvalue weighted by molar-refractivity contribution is 5.95. The van der Waals surface area contributed by atoms with Crippen molar-refractivity contribution < 1.29 is 14.0 Å². The van der Waals surface area contributed by atoms with Crippen molar-refractivity contribution in [3.8, 4) is 0 Å². The van der Waals surface area contributed by atoms with Crippen LogP contribution in [0.2, 0.25) is 0 Å². The molecule has 3 rings (SSSR count). The zero-order chi connectivity index (χ0) is 18.0. The third kappa shape index (κ3) is 4.10. The number of likely N-dealkylation sites (tertiary alicyclic amines) is 1. The van der Waals surface area contributed by atoms with Gasteiger partial charge in [0.2, 0.25) is 5.91 Å². The summed E-state index contributed by atoms with van der Waals surface area (Å²) in [6.07, 6.45) is 5.49. The van der Waals surface area contributed by atoms with Crippen molar-refractivity contribution in [1.82, 2.24) is 20.0 Å². The van der Waals surface area contributed by atoms with E-state index in [-0.39, 0.29) is 17.9 Å². The molecule has 0 bridgehead atoms. The molecule has 2 aromatic heterocycles. The van der Waals surface area contributed by atoms with E-state index in [1.54, 1.807) is 23.9 Å². The SMILES string of the molecule is Cc1cc(C(=O)NC2CCN(C(=O)Cc3cnn(C)c3)CC2)c(C)o1. The Balaban J connectivity index is 1.49. The van der Waals surface area contributed by atoms with Crippen LogP contribution in [0.3, 0.4) is 0 Å². The lowest BCUT2D eigenvalue weighted by Gasteiger charge is -2.32. The molecular formula is C18H24N4O3. The van der Waals surface area contributed by atoms with Gasteiger partial charge in [0, 0.05) is 32.4 Å². The van der Waals surface area contributed by atoms with Gasteiger partial charge in [0.05, 0.1) is 18.2 Å². The Hall–Kier alpha value is -2.57. The minimum absolute atomic E-state index is 0.0875. The summed E-state index contributed by atoms with van der Waals surface area (Å²) in [7, 11) is 1.84. The summed E-state index contributed by atoms with van der Waals surface area (Å²) in [5, 5.41) is 7.14. The van der Waals surface area contributed by atoms with Gasteiger partial charge in [0.1, 0.15) is 11.5 Å². The second kappa shape index (κ2) is 7.13.